The van der Waals surface area contributed by atoms with Crippen LogP contribution in [0.4, 0.5) is 17.3 Å². The van der Waals surface area contributed by atoms with Crippen LogP contribution in [0.1, 0.15) is 18.4 Å². The molecular formula is C31H34N8O3. The summed E-state index contributed by atoms with van der Waals surface area (Å²) in [6.07, 6.45) is 7.26. The van der Waals surface area contributed by atoms with Gasteiger partial charge in [0.25, 0.3) is 11.5 Å². The van der Waals surface area contributed by atoms with Gasteiger partial charge in [-0.25, -0.2) is 14.3 Å². The molecule has 3 aliphatic heterocycles. The van der Waals surface area contributed by atoms with Gasteiger partial charge >= 0.3 is 0 Å². The molecule has 1 fully saturated rings. The van der Waals surface area contributed by atoms with Crippen molar-refractivity contribution in [1.82, 2.24) is 29.1 Å². The van der Waals surface area contributed by atoms with E-state index in [0.717, 1.165) is 56.9 Å². The maximum Gasteiger partial charge on any atom is 0.278 e. The quantitative estimate of drug-likeness (QED) is 0.376. The van der Waals surface area contributed by atoms with E-state index in [1.807, 2.05) is 41.1 Å². The van der Waals surface area contributed by atoms with Crippen LogP contribution in [0.3, 0.4) is 0 Å². The van der Waals surface area contributed by atoms with E-state index < -0.39 is 0 Å². The molecule has 1 amide bonds. The van der Waals surface area contributed by atoms with E-state index >= 15 is 0 Å². The van der Waals surface area contributed by atoms with Gasteiger partial charge in [-0.2, -0.15) is 4.98 Å². The lowest BCUT2D eigenvalue weighted by atomic mass is 10.1. The minimum atomic E-state index is -0.173. The molecule has 216 valence electrons. The smallest absolute Gasteiger partial charge is 0.278 e. The fourth-order valence-corrected chi connectivity index (χ4v) is 5.83. The molecule has 7 rings (SSSR count). The van der Waals surface area contributed by atoms with Crippen LogP contribution < -0.4 is 20.5 Å². The van der Waals surface area contributed by atoms with Gasteiger partial charge in [0.15, 0.2) is 12.3 Å². The van der Waals surface area contributed by atoms with E-state index in [2.05, 4.69) is 45.4 Å². The van der Waals surface area contributed by atoms with E-state index in [0.29, 0.717) is 41.5 Å². The number of likely N-dealkylation sites (N-methyl/N-ethyl adjacent to an activating group) is 1. The molecule has 2 aromatic heterocycles. The average molecular weight is 567 g/mol. The van der Waals surface area contributed by atoms with Gasteiger partial charge in [0.1, 0.15) is 11.1 Å². The van der Waals surface area contributed by atoms with Crippen molar-refractivity contribution in [3.63, 3.8) is 0 Å². The van der Waals surface area contributed by atoms with Crippen LogP contribution in [0.5, 0.6) is 5.75 Å². The number of aromatic nitrogens is 4. The number of ether oxygens (including phenoxy) is 1. The number of piperazine rings is 1. The van der Waals surface area contributed by atoms with Gasteiger partial charge in [0.05, 0.1) is 17.9 Å². The standard InChI is InChI=1S/C31H34N8O3/c1-35-14-16-36(17-15-35)20-22-6-8-23(9-7-22)33-31-32-19-25-29(34-31)39-24-10-11-27-26(18-24)37(28(40)21-42-27)12-4-2-3-5-13-38(39)30(25)41/h3,5-11,18-19H,2,4,12-17,20-21H2,1H3,(H,32,33,34). The molecule has 2 aromatic carbocycles. The number of nitrogens with one attached hydrogen (secondary N) is 1. The van der Waals surface area contributed by atoms with Crippen molar-refractivity contribution in [2.45, 2.75) is 25.9 Å². The van der Waals surface area contributed by atoms with E-state index in [1.54, 1.807) is 15.8 Å². The van der Waals surface area contributed by atoms with Crippen molar-refractivity contribution < 1.29 is 9.53 Å². The lowest BCUT2D eigenvalue weighted by Crippen LogP contribution is -2.43. The second-order valence-corrected chi connectivity index (χ2v) is 11.1. The van der Waals surface area contributed by atoms with Gasteiger partial charge in [-0.15, -0.1) is 0 Å². The molecule has 0 saturated carbocycles. The monoisotopic (exact) mass is 566 g/mol. The predicted octanol–water partition coefficient (Wildman–Crippen LogP) is 3.15. The fraction of sp³-hybridized carbons (Fsp3) is 0.355. The van der Waals surface area contributed by atoms with Crippen LogP contribution >= 0.6 is 0 Å². The largest absolute Gasteiger partial charge is 0.482 e. The van der Waals surface area contributed by atoms with Crippen LogP contribution in [0.2, 0.25) is 0 Å². The molecule has 11 heteroatoms. The number of carbonyl (C=O) groups excluding carboxylic acids is 1. The van der Waals surface area contributed by atoms with Gasteiger partial charge in [0.2, 0.25) is 5.95 Å². The molecule has 3 aliphatic rings. The normalized spacial score (nSPS) is 17.8. The highest BCUT2D eigenvalue weighted by Crippen LogP contribution is 2.35. The summed E-state index contributed by atoms with van der Waals surface area (Å²) in [7, 11) is 2.17. The summed E-state index contributed by atoms with van der Waals surface area (Å²) < 4.78 is 9.19. The number of carbonyl (C=O) groups is 1. The first-order chi connectivity index (χ1) is 20.5. The molecular weight excluding hydrogens is 532 g/mol. The molecule has 4 aromatic rings. The summed E-state index contributed by atoms with van der Waals surface area (Å²) in [5.74, 6) is 0.984. The first-order valence-electron chi connectivity index (χ1n) is 14.5. The molecule has 1 N–H and O–H groups in total. The first kappa shape index (κ1) is 26.4. The highest BCUT2D eigenvalue weighted by molar-refractivity contribution is 5.98. The molecule has 42 heavy (non-hydrogen) atoms. The third kappa shape index (κ3) is 5.05. The van der Waals surface area contributed by atoms with Crippen molar-refractivity contribution >= 4 is 34.3 Å². The average Bonchev–Trinajstić information content (AvgIpc) is 3.27. The molecule has 0 unspecified atom stereocenters. The van der Waals surface area contributed by atoms with Gasteiger partial charge in [-0.3, -0.25) is 14.5 Å². The first-order valence-corrected chi connectivity index (χ1v) is 14.5. The molecule has 0 atom stereocenters. The third-order valence-corrected chi connectivity index (χ3v) is 8.22. The summed E-state index contributed by atoms with van der Waals surface area (Å²) in [5, 5.41) is 3.73. The maximum absolute atomic E-state index is 13.5. The number of fused-ring (bicyclic) bond motifs is 5. The Kier molecular flexibility index (Phi) is 6.96. The Morgan fingerprint density at radius 1 is 0.976 bits per heavy atom. The number of amides is 1. The second kappa shape index (κ2) is 11.1. The van der Waals surface area contributed by atoms with E-state index in [-0.39, 0.29) is 18.1 Å². The Morgan fingerprint density at radius 2 is 1.81 bits per heavy atom. The minimum Gasteiger partial charge on any atom is -0.482 e. The Morgan fingerprint density at radius 3 is 2.64 bits per heavy atom. The summed E-state index contributed by atoms with van der Waals surface area (Å²) in [6.45, 7) is 6.30. The number of anilines is 3. The van der Waals surface area contributed by atoms with E-state index in [1.165, 1.54) is 5.56 Å². The Bertz CT molecular complexity index is 1720. The zero-order valence-corrected chi connectivity index (χ0v) is 23.7. The fourth-order valence-electron chi connectivity index (χ4n) is 5.83. The van der Waals surface area contributed by atoms with E-state index in [9.17, 15) is 9.59 Å². The summed E-state index contributed by atoms with van der Waals surface area (Å²) in [5.41, 5.74) is 3.87. The van der Waals surface area contributed by atoms with Gasteiger partial charge in [-0.05, 0) is 55.8 Å². The SMILES string of the molecule is CN1CCN(Cc2ccc(Nc3ncc4c(=O)n5n(c4n3)-c3ccc4c(c3)N(CCCC=CC5)C(=O)CO4)cc2)CC1. The van der Waals surface area contributed by atoms with Crippen molar-refractivity contribution in [2.75, 3.05) is 56.6 Å². The maximum atomic E-state index is 13.5. The highest BCUT2D eigenvalue weighted by atomic mass is 16.5. The number of nitrogens with zero attached hydrogens (tertiary/aromatic N) is 7. The van der Waals surface area contributed by atoms with Crippen LogP contribution in [0.25, 0.3) is 16.7 Å². The molecule has 0 spiro atoms. The number of hydrogen-bond donors (Lipinski definition) is 1. The number of benzene rings is 2. The minimum absolute atomic E-state index is 0.0262. The summed E-state index contributed by atoms with van der Waals surface area (Å²) in [4.78, 5) is 42.2. The van der Waals surface area contributed by atoms with Gasteiger partial charge in [-0.1, -0.05) is 24.3 Å². The molecule has 11 nitrogen and oxygen atoms in total. The van der Waals surface area contributed by atoms with Crippen molar-refractivity contribution in [2.24, 2.45) is 0 Å². The molecule has 0 aliphatic carbocycles. The number of hydrogen-bond acceptors (Lipinski definition) is 8. The Balaban J connectivity index is 1.22. The lowest BCUT2D eigenvalue weighted by Gasteiger charge is -2.32. The Hall–Kier alpha value is -4.48. The molecule has 1 saturated heterocycles. The van der Waals surface area contributed by atoms with E-state index in [4.69, 9.17) is 9.72 Å². The molecule has 0 radical (unpaired) electrons. The third-order valence-electron chi connectivity index (χ3n) is 8.22. The van der Waals surface area contributed by atoms with Crippen LogP contribution in [-0.4, -0.2) is 81.4 Å². The molecule has 5 heterocycles. The number of rotatable bonds is 4. The second-order valence-electron chi connectivity index (χ2n) is 11.1. The zero-order chi connectivity index (χ0) is 28.6. The summed E-state index contributed by atoms with van der Waals surface area (Å²) in [6, 6.07) is 14.0. The van der Waals surface area contributed by atoms with Crippen LogP contribution in [0, 0.1) is 0 Å². The highest BCUT2D eigenvalue weighted by Gasteiger charge is 2.27. The van der Waals surface area contributed by atoms with Crippen LogP contribution in [0.15, 0.2) is 65.6 Å². The number of allylic oxidation sites excluding steroid dienone is 2. The van der Waals surface area contributed by atoms with Gasteiger partial charge in [0, 0.05) is 51.2 Å². The van der Waals surface area contributed by atoms with Crippen molar-refractivity contribution in [3.8, 4) is 11.4 Å². The van der Waals surface area contributed by atoms with Gasteiger partial charge < -0.3 is 19.9 Å². The van der Waals surface area contributed by atoms with Crippen molar-refractivity contribution in [3.05, 3.63) is 76.7 Å². The predicted molar refractivity (Wildman–Crippen MR) is 162 cm³/mol. The lowest BCUT2D eigenvalue weighted by molar-refractivity contribution is -0.121. The van der Waals surface area contributed by atoms with Crippen LogP contribution in [-0.2, 0) is 17.9 Å². The summed E-state index contributed by atoms with van der Waals surface area (Å²) >= 11 is 0. The topological polar surface area (TPSA) is 101 Å². The zero-order valence-electron chi connectivity index (χ0n) is 23.7. The Labute approximate surface area is 243 Å². The van der Waals surface area contributed by atoms with Crippen molar-refractivity contribution in [1.29, 1.82) is 0 Å². The molecule has 2 bridgehead atoms.